The second kappa shape index (κ2) is 7.22. The second-order valence-electron chi connectivity index (χ2n) is 3.97. The first kappa shape index (κ1) is 13.0. The summed E-state index contributed by atoms with van der Waals surface area (Å²) < 4.78 is 5.36. The number of hydrogen-bond acceptors (Lipinski definition) is 3. The lowest BCUT2D eigenvalue weighted by molar-refractivity contribution is -0.129. The fraction of sp³-hybridized carbons (Fsp3) is 0.818. The fourth-order valence-corrected chi connectivity index (χ4v) is 1.57. The molecule has 0 aliphatic carbocycles. The third-order valence-corrected chi connectivity index (χ3v) is 2.44. The maximum absolute atomic E-state index is 11.3. The lowest BCUT2D eigenvalue weighted by Crippen LogP contribution is -2.36. The second-order valence-corrected chi connectivity index (χ2v) is 3.97. The van der Waals surface area contributed by atoms with E-state index < -0.39 is 0 Å². The molecule has 1 unspecified atom stereocenters. The summed E-state index contributed by atoms with van der Waals surface area (Å²) in [5.41, 5.74) is 0. The van der Waals surface area contributed by atoms with Crippen molar-refractivity contribution in [3.63, 3.8) is 0 Å². The SMILES string of the molecule is CCCNC(=O)CC(=O)NCC1CCCO1. The predicted molar refractivity (Wildman–Crippen MR) is 59.9 cm³/mol. The van der Waals surface area contributed by atoms with Gasteiger partial charge in [-0.2, -0.15) is 0 Å². The van der Waals surface area contributed by atoms with Gasteiger partial charge in [0, 0.05) is 19.7 Å². The van der Waals surface area contributed by atoms with Crippen LogP contribution in [0.5, 0.6) is 0 Å². The van der Waals surface area contributed by atoms with Crippen molar-refractivity contribution < 1.29 is 14.3 Å². The van der Waals surface area contributed by atoms with Crippen LogP contribution in [0.1, 0.15) is 32.6 Å². The van der Waals surface area contributed by atoms with Gasteiger partial charge in [-0.3, -0.25) is 9.59 Å². The molecule has 5 nitrogen and oxygen atoms in total. The minimum absolute atomic E-state index is 0.0906. The monoisotopic (exact) mass is 228 g/mol. The van der Waals surface area contributed by atoms with Crippen LogP contribution in [0.15, 0.2) is 0 Å². The molecule has 5 heteroatoms. The summed E-state index contributed by atoms with van der Waals surface area (Å²) in [5, 5.41) is 5.37. The summed E-state index contributed by atoms with van der Waals surface area (Å²) in [6, 6.07) is 0. The minimum atomic E-state index is -0.232. The summed E-state index contributed by atoms with van der Waals surface area (Å²) in [6.45, 7) is 3.88. The van der Waals surface area contributed by atoms with Gasteiger partial charge in [0.15, 0.2) is 0 Å². The highest BCUT2D eigenvalue weighted by Crippen LogP contribution is 2.10. The number of amides is 2. The van der Waals surface area contributed by atoms with Gasteiger partial charge in [0.1, 0.15) is 6.42 Å². The van der Waals surface area contributed by atoms with Crippen LogP contribution in [0.4, 0.5) is 0 Å². The lowest BCUT2D eigenvalue weighted by atomic mass is 10.2. The van der Waals surface area contributed by atoms with Gasteiger partial charge in [-0.1, -0.05) is 6.92 Å². The molecule has 0 saturated carbocycles. The van der Waals surface area contributed by atoms with Gasteiger partial charge in [0.25, 0.3) is 0 Å². The van der Waals surface area contributed by atoms with Crippen molar-refractivity contribution in [3.05, 3.63) is 0 Å². The molecular formula is C11H20N2O3. The van der Waals surface area contributed by atoms with Crippen LogP contribution in [-0.2, 0) is 14.3 Å². The van der Waals surface area contributed by atoms with E-state index in [0.717, 1.165) is 25.9 Å². The first-order valence-corrected chi connectivity index (χ1v) is 5.87. The summed E-state index contributed by atoms with van der Waals surface area (Å²) >= 11 is 0. The van der Waals surface area contributed by atoms with Crippen LogP contribution >= 0.6 is 0 Å². The van der Waals surface area contributed by atoms with Crippen molar-refractivity contribution in [1.29, 1.82) is 0 Å². The molecule has 1 aliphatic heterocycles. The third-order valence-electron chi connectivity index (χ3n) is 2.44. The summed E-state index contributed by atoms with van der Waals surface area (Å²) in [4.78, 5) is 22.6. The first-order valence-electron chi connectivity index (χ1n) is 5.87. The van der Waals surface area contributed by atoms with E-state index in [0.29, 0.717) is 13.1 Å². The number of rotatable bonds is 6. The molecule has 1 fully saturated rings. The van der Waals surface area contributed by atoms with E-state index in [9.17, 15) is 9.59 Å². The van der Waals surface area contributed by atoms with Crippen molar-refractivity contribution in [2.45, 2.75) is 38.7 Å². The van der Waals surface area contributed by atoms with Crippen molar-refractivity contribution >= 4 is 11.8 Å². The summed E-state index contributed by atoms with van der Waals surface area (Å²) in [6.07, 6.45) is 2.96. The Balaban J connectivity index is 2.07. The maximum atomic E-state index is 11.3. The van der Waals surface area contributed by atoms with Crippen LogP contribution in [0.3, 0.4) is 0 Å². The largest absolute Gasteiger partial charge is 0.376 e. The average Bonchev–Trinajstić information content (AvgIpc) is 2.76. The highest BCUT2D eigenvalue weighted by Gasteiger charge is 2.16. The van der Waals surface area contributed by atoms with Crippen molar-refractivity contribution in [1.82, 2.24) is 10.6 Å². The van der Waals surface area contributed by atoms with Gasteiger partial charge in [0.2, 0.25) is 11.8 Å². The van der Waals surface area contributed by atoms with Crippen molar-refractivity contribution in [2.75, 3.05) is 19.7 Å². The highest BCUT2D eigenvalue weighted by atomic mass is 16.5. The first-order chi connectivity index (χ1) is 7.72. The quantitative estimate of drug-likeness (QED) is 0.638. The Morgan fingerprint density at radius 1 is 1.31 bits per heavy atom. The van der Waals surface area contributed by atoms with E-state index in [1.165, 1.54) is 0 Å². The van der Waals surface area contributed by atoms with E-state index in [4.69, 9.17) is 4.74 Å². The standard InChI is InChI=1S/C11H20N2O3/c1-2-5-12-10(14)7-11(15)13-8-9-4-3-6-16-9/h9H,2-8H2,1H3,(H,12,14)(H,13,15). The van der Waals surface area contributed by atoms with Gasteiger partial charge in [0.05, 0.1) is 6.10 Å². The molecule has 1 rings (SSSR count). The number of hydrogen-bond donors (Lipinski definition) is 2. The zero-order chi connectivity index (χ0) is 11.8. The molecule has 1 heterocycles. The Kier molecular flexibility index (Phi) is 5.85. The fourth-order valence-electron chi connectivity index (χ4n) is 1.57. The third kappa shape index (κ3) is 5.11. The lowest BCUT2D eigenvalue weighted by Gasteiger charge is -2.10. The van der Waals surface area contributed by atoms with Crippen LogP contribution in [0.25, 0.3) is 0 Å². The molecule has 2 amide bonds. The van der Waals surface area contributed by atoms with E-state index >= 15 is 0 Å². The molecule has 1 saturated heterocycles. The minimum Gasteiger partial charge on any atom is -0.376 e. The molecule has 0 aromatic heterocycles. The van der Waals surface area contributed by atoms with Crippen LogP contribution in [0, 0.1) is 0 Å². The molecule has 2 N–H and O–H groups in total. The molecule has 1 atom stereocenters. The number of carbonyl (C=O) groups excluding carboxylic acids is 2. The van der Waals surface area contributed by atoms with E-state index in [1.54, 1.807) is 0 Å². The predicted octanol–water partition coefficient (Wildman–Crippen LogP) is 0.198. The molecule has 16 heavy (non-hydrogen) atoms. The van der Waals surface area contributed by atoms with Crippen molar-refractivity contribution in [3.8, 4) is 0 Å². The molecule has 0 radical (unpaired) electrons. The van der Waals surface area contributed by atoms with Gasteiger partial charge in [-0.25, -0.2) is 0 Å². The van der Waals surface area contributed by atoms with Crippen LogP contribution < -0.4 is 10.6 Å². The average molecular weight is 228 g/mol. The number of nitrogens with one attached hydrogen (secondary N) is 2. The van der Waals surface area contributed by atoms with E-state index in [-0.39, 0.29) is 24.3 Å². The van der Waals surface area contributed by atoms with Crippen molar-refractivity contribution in [2.24, 2.45) is 0 Å². The Labute approximate surface area is 95.9 Å². The number of ether oxygens (including phenoxy) is 1. The summed E-state index contributed by atoms with van der Waals surface area (Å²) in [7, 11) is 0. The molecule has 0 aromatic rings. The van der Waals surface area contributed by atoms with Gasteiger partial charge >= 0.3 is 0 Å². The molecule has 1 aliphatic rings. The Hall–Kier alpha value is -1.10. The highest BCUT2D eigenvalue weighted by molar-refractivity contribution is 5.96. The van der Waals surface area contributed by atoms with E-state index in [1.807, 2.05) is 6.92 Å². The Bertz CT molecular complexity index is 237. The Morgan fingerprint density at radius 3 is 2.69 bits per heavy atom. The van der Waals surface area contributed by atoms with E-state index in [2.05, 4.69) is 10.6 Å². The zero-order valence-corrected chi connectivity index (χ0v) is 9.75. The van der Waals surface area contributed by atoms with Crippen LogP contribution in [0.2, 0.25) is 0 Å². The van der Waals surface area contributed by atoms with Gasteiger partial charge < -0.3 is 15.4 Å². The normalized spacial score (nSPS) is 19.4. The van der Waals surface area contributed by atoms with Crippen LogP contribution in [-0.4, -0.2) is 37.6 Å². The number of carbonyl (C=O) groups is 2. The smallest absolute Gasteiger partial charge is 0.229 e. The topological polar surface area (TPSA) is 67.4 Å². The summed E-state index contributed by atoms with van der Waals surface area (Å²) in [5.74, 6) is -0.448. The molecular weight excluding hydrogens is 208 g/mol. The molecule has 0 spiro atoms. The van der Waals surface area contributed by atoms with Gasteiger partial charge in [-0.15, -0.1) is 0 Å². The maximum Gasteiger partial charge on any atom is 0.229 e. The Morgan fingerprint density at radius 2 is 2.06 bits per heavy atom. The zero-order valence-electron chi connectivity index (χ0n) is 9.75. The van der Waals surface area contributed by atoms with Gasteiger partial charge in [-0.05, 0) is 19.3 Å². The molecule has 92 valence electrons. The molecule has 0 bridgehead atoms. The molecule has 0 aromatic carbocycles.